The number of unbranched alkanes of at least 4 members (excludes halogenated alkanes) is 2. The Labute approximate surface area is 324 Å². The Kier molecular flexibility index (Phi) is 13.4. The molecule has 13 heteroatoms. The molecule has 55 heavy (non-hydrogen) atoms. The number of rotatable bonds is 15. The molecule has 3 heterocycles. The fourth-order valence-corrected chi connectivity index (χ4v) is 7.11. The van der Waals surface area contributed by atoms with Gasteiger partial charge in [0.2, 0.25) is 5.91 Å². The third-order valence-electron chi connectivity index (χ3n) is 10.7. The number of hydrogen-bond acceptors (Lipinski definition) is 9. The number of aromatic amines is 1. The maximum absolute atomic E-state index is 13.8. The molecule has 2 N–H and O–H groups in total. The molecule has 0 saturated carbocycles. The Balaban J connectivity index is 1.05. The molecule has 4 aromatic rings. The molecule has 13 nitrogen and oxygen atoms in total. The molecule has 0 unspecified atom stereocenters. The highest BCUT2D eigenvalue weighted by molar-refractivity contribution is 6.11. The summed E-state index contributed by atoms with van der Waals surface area (Å²) < 4.78 is 11.8. The quantitative estimate of drug-likeness (QED) is 0.163. The van der Waals surface area contributed by atoms with Crippen molar-refractivity contribution in [2.75, 3.05) is 104 Å². The molecule has 294 valence electrons. The number of likely N-dealkylation sites (N-methyl/N-ethyl adjacent to an activating group) is 2. The number of methoxy groups -OCH3 is 1. The summed E-state index contributed by atoms with van der Waals surface area (Å²) in [4.78, 5) is 58.8. The number of imidazole rings is 1. The molecule has 0 aliphatic carbocycles. The van der Waals surface area contributed by atoms with Crippen molar-refractivity contribution in [3.8, 4) is 11.5 Å². The smallest absolute Gasteiger partial charge is 0.259 e. The number of hydrogen-bond donors (Lipinski definition) is 2. The van der Waals surface area contributed by atoms with Crippen LogP contribution < -0.4 is 19.7 Å². The van der Waals surface area contributed by atoms with Crippen LogP contribution in [-0.2, 0) is 11.2 Å². The van der Waals surface area contributed by atoms with Crippen LogP contribution in [0.2, 0.25) is 0 Å². The Hall–Kier alpha value is -4.98. The van der Waals surface area contributed by atoms with E-state index >= 15 is 0 Å². The molecule has 3 amide bonds. The lowest BCUT2D eigenvalue weighted by Crippen LogP contribution is -2.47. The number of benzene rings is 3. The molecule has 2 aliphatic heterocycles. The van der Waals surface area contributed by atoms with Crippen LogP contribution in [0.25, 0.3) is 11.0 Å². The van der Waals surface area contributed by atoms with Gasteiger partial charge < -0.3 is 44.3 Å². The fraction of sp³-hybridized carbons (Fsp3) is 0.476. The maximum Gasteiger partial charge on any atom is 0.259 e. The second-order valence-electron chi connectivity index (χ2n) is 14.8. The van der Waals surface area contributed by atoms with Crippen LogP contribution >= 0.6 is 0 Å². The zero-order chi connectivity index (χ0) is 38.9. The lowest BCUT2D eigenvalue weighted by Gasteiger charge is -2.32. The van der Waals surface area contributed by atoms with Crippen LogP contribution in [-0.4, -0.2) is 141 Å². The summed E-state index contributed by atoms with van der Waals surface area (Å²) in [6.45, 7) is 11.1. The number of ether oxygens (including phenoxy) is 2. The minimum atomic E-state index is -0.364. The molecule has 2 fully saturated rings. The Morgan fingerprint density at radius 3 is 2.36 bits per heavy atom. The van der Waals surface area contributed by atoms with Gasteiger partial charge in [0, 0.05) is 84.4 Å². The summed E-state index contributed by atoms with van der Waals surface area (Å²) in [5.74, 6) is 1.37. The lowest BCUT2D eigenvalue weighted by atomic mass is 10.1. The van der Waals surface area contributed by atoms with E-state index in [4.69, 9.17) is 14.5 Å². The number of fused-ring (bicyclic) bond motifs is 1. The third kappa shape index (κ3) is 10.2. The number of anilines is 2. The molecule has 2 aliphatic rings. The zero-order valence-corrected chi connectivity index (χ0v) is 33.0. The number of para-hydroxylation sites is 1. The number of carbonyl (C=O) groups is 3. The van der Waals surface area contributed by atoms with Gasteiger partial charge in [0.1, 0.15) is 22.8 Å². The van der Waals surface area contributed by atoms with E-state index in [9.17, 15) is 14.4 Å². The average molecular weight is 753 g/mol. The molecular formula is C42H56N8O5. The van der Waals surface area contributed by atoms with Crippen molar-refractivity contribution in [2.45, 2.75) is 39.0 Å². The number of aromatic nitrogens is 2. The number of carbonyl (C=O) groups excluding carboxylic acids is 3. The molecule has 0 bridgehead atoms. The van der Waals surface area contributed by atoms with Gasteiger partial charge in [-0.05, 0) is 88.3 Å². The highest BCUT2D eigenvalue weighted by Gasteiger charge is 2.23. The first-order valence-electron chi connectivity index (χ1n) is 19.5. The molecule has 2 saturated heterocycles. The summed E-state index contributed by atoms with van der Waals surface area (Å²) in [5, 5.41) is 3.01. The van der Waals surface area contributed by atoms with Crippen molar-refractivity contribution in [3.63, 3.8) is 0 Å². The Morgan fingerprint density at radius 2 is 1.62 bits per heavy atom. The highest BCUT2D eigenvalue weighted by Crippen LogP contribution is 2.32. The number of nitrogens with one attached hydrogen (secondary N) is 2. The van der Waals surface area contributed by atoms with E-state index in [2.05, 4.69) is 39.1 Å². The van der Waals surface area contributed by atoms with Crippen molar-refractivity contribution < 1.29 is 23.9 Å². The fourth-order valence-electron chi connectivity index (χ4n) is 7.11. The topological polar surface area (TPSA) is 127 Å². The monoisotopic (exact) mass is 752 g/mol. The van der Waals surface area contributed by atoms with Gasteiger partial charge in [-0.15, -0.1) is 0 Å². The van der Waals surface area contributed by atoms with Gasteiger partial charge in [0.15, 0.2) is 0 Å². The highest BCUT2D eigenvalue weighted by atomic mass is 16.5. The standard InChI is InChI=1S/C42H56N8O5/c1-30-13-16-35(37(28-30)55-27-8-6-7-12-39(51)50-25-21-47(3)22-26-50)48(4)42(53)31-14-15-32(36(29-31)54-5)41(52)44-34-11-9-10-33-40(34)45-38(43-33)17-18-49-23-19-46(2)20-24-49/h9-11,13-16,28-29H,6-8,12,17-27H2,1-5H3,(H,43,45)(H,44,52). The summed E-state index contributed by atoms with van der Waals surface area (Å²) in [6, 6.07) is 16.3. The van der Waals surface area contributed by atoms with Gasteiger partial charge in [-0.3, -0.25) is 14.4 Å². The maximum atomic E-state index is 13.8. The van der Waals surface area contributed by atoms with E-state index in [-0.39, 0.29) is 23.5 Å². The van der Waals surface area contributed by atoms with Gasteiger partial charge in [-0.25, -0.2) is 4.98 Å². The van der Waals surface area contributed by atoms with Gasteiger partial charge in [-0.2, -0.15) is 0 Å². The molecular weight excluding hydrogens is 697 g/mol. The van der Waals surface area contributed by atoms with E-state index in [1.54, 1.807) is 30.1 Å². The van der Waals surface area contributed by atoms with E-state index in [1.807, 2.05) is 48.2 Å². The van der Waals surface area contributed by atoms with Crippen LogP contribution in [0.3, 0.4) is 0 Å². The van der Waals surface area contributed by atoms with Crippen LogP contribution in [0.15, 0.2) is 54.6 Å². The summed E-state index contributed by atoms with van der Waals surface area (Å²) in [6.07, 6.45) is 3.85. The predicted octanol–water partition coefficient (Wildman–Crippen LogP) is 4.91. The number of aryl methyl sites for hydroxylation is 1. The normalized spacial score (nSPS) is 15.6. The molecule has 6 rings (SSSR count). The van der Waals surface area contributed by atoms with Crippen molar-refractivity contribution in [3.05, 3.63) is 77.1 Å². The second-order valence-corrected chi connectivity index (χ2v) is 14.8. The molecule has 0 atom stereocenters. The number of amides is 3. The largest absolute Gasteiger partial charge is 0.496 e. The minimum Gasteiger partial charge on any atom is -0.496 e. The van der Waals surface area contributed by atoms with Gasteiger partial charge in [0.05, 0.1) is 36.2 Å². The average Bonchev–Trinajstić information content (AvgIpc) is 3.62. The van der Waals surface area contributed by atoms with Crippen LogP contribution in [0.4, 0.5) is 11.4 Å². The molecule has 1 aromatic heterocycles. The first-order valence-corrected chi connectivity index (χ1v) is 19.5. The van der Waals surface area contributed by atoms with Crippen molar-refractivity contribution >= 4 is 40.1 Å². The van der Waals surface area contributed by atoms with E-state index in [1.165, 1.54) is 7.11 Å². The second kappa shape index (κ2) is 18.6. The molecule has 0 radical (unpaired) electrons. The van der Waals surface area contributed by atoms with Crippen molar-refractivity contribution in [2.24, 2.45) is 0 Å². The van der Waals surface area contributed by atoms with Crippen LogP contribution in [0.5, 0.6) is 11.5 Å². The summed E-state index contributed by atoms with van der Waals surface area (Å²) >= 11 is 0. The first-order chi connectivity index (χ1) is 26.6. The van der Waals surface area contributed by atoms with Crippen LogP contribution in [0.1, 0.15) is 57.8 Å². The molecule has 3 aromatic carbocycles. The lowest BCUT2D eigenvalue weighted by molar-refractivity contribution is -0.132. The Morgan fingerprint density at radius 1 is 0.873 bits per heavy atom. The molecule has 0 spiro atoms. The Bertz CT molecular complexity index is 1950. The van der Waals surface area contributed by atoms with Crippen molar-refractivity contribution in [1.82, 2.24) is 29.6 Å². The predicted molar refractivity (Wildman–Crippen MR) is 217 cm³/mol. The van der Waals surface area contributed by atoms with E-state index < -0.39 is 0 Å². The van der Waals surface area contributed by atoms with Gasteiger partial charge in [0.25, 0.3) is 11.8 Å². The van der Waals surface area contributed by atoms with Gasteiger partial charge in [-0.1, -0.05) is 12.1 Å². The first kappa shape index (κ1) is 39.7. The SMILES string of the molecule is COc1cc(C(=O)N(C)c2ccc(C)cc2OCCCCCC(=O)N2CCN(C)CC2)ccc1C(=O)Nc1cccc2[nH]c(CCN3CCN(C)CC3)nc12. The van der Waals surface area contributed by atoms with E-state index in [0.717, 1.165) is 101 Å². The number of piperazine rings is 2. The summed E-state index contributed by atoms with van der Waals surface area (Å²) in [7, 11) is 7.43. The zero-order valence-electron chi connectivity index (χ0n) is 33.0. The van der Waals surface area contributed by atoms with E-state index in [0.29, 0.717) is 46.8 Å². The minimum absolute atomic E-state index is 0.230. The third-order valence-corrected chi connectivity index (χ3v) is 10.7. The number of H-pyrrole nitrogens is 1. The summed E-state index contributed by atoms with van der Waals surface area (Å²) in [5.41, 5.74) is 4.47. The van der Waals surface area contributed by atoms with Gasteiger partial charge >= 0.3 is 0 Å². The van der Waals surface area contributed by atoms with Crippen LogP contribution in [0, 0.1) is 6.92 Å². The number of nitrogens with zero attached hydrogens (tertiary/aromatic N) is 6. The van der Waals surface area contributed by atoms with Crippen molar-refractivity contribution in [1.29, 1.82) is 0 Å².